The minimum atomic E-state index is -4.76. The van der Waals surface area contributed by atoms with Crippen LogP contribution in [0.1, 0.15) is 27.4 Å². The quantitative estimate of drug-likeness (QED) is 0.522. The number of nitrogens with one attached hydrogen (secondary N) is 2. The number of hydrogen-bond acceptors (Lipinski definition) is 7. The number of thiophene rings is 1. The third-order valence-corrected chi connectivity index (χ3v) is 6.33. The molecule has 31 heavy (non-hydrogen) atoms. The number of amides is 2. The molecule has 2 atom stereocenters. The van der Waals surface area contributed by atoms with Gasteiger partial charge in [0.05, 0.1) is 24.1 Å². The Morgan fingerprint density at radius 2 is 1.97 bits per heavy atom. The van der Waals surface area contributed by atoms with Crippen LogP contribution in [0.3, 0.4) is 0 Å². The van der Waals surface area contributed by atoms with Crippen molar-refractivity contribution in [3.63, 3.8) is 0 Å². The predicted molar refractivity (Wildman–Crippen MR) is 105 cm³/mol. The largest absolute Gasteiger partial charge is 0.427 e. The van der Waals surface area contributed by atoms with Gasteiger partial charge in [0.1, 0.15) is 0 Å². The zero-order valence-electron chi connectivity index (χ0n) is 16.8. The molecule has 0 radical (unpaired) electrons. The molecular weight excluding hydrogens is 439 g/mol. The van der Waals surface area contributed by atoms with E-state index < -0.39 is 12.4 Å². The minimum Gasteiger partial charge on any atom is -0.381 e. The molecule has 0 saturated carbocycles. The number of morpholine rings is 1. The lowest BCUT2D eigenvalue weighted by molar-refractivity contribution is -0.213. The van der Waals surface area contributed by atoms with E-state index in [2.05, 4.69) is 5.32 Å². The standard InChI is InChI=1S/C19H26F3N3O5S/c20-19(21,22)18(28)24-10-14-1-2-15(31-14)16(26)23-9-13-11-30-8-5-25(13)17(27)12-3-6-29-7-4-12/h1-2,12-13,18,24,28H,3-11H2,(H,23,26). The van der Waals surface area contributed by atoms with Gasteiger partial charge in [0, 0.05) is 43.6 Å². The van der Waals surface area contributed by atoms with Crippen LogP contribution in [0.5, 0.6) is 0 Å². The zero-order valence-corrected chi connectivity index (χ0v) is 17.6. The molecule has 8 nitrogen and oxygen atoms in total. The van der Waals surface area contributed by atoms with E-state index in [4.69, 9.17) is 14.6 Å². The van der Waals surface area contributed by atoms with Gasteiger partial charge in [0.15, 0.2) is 0 Å². The smallest absolute Gasteiger partial charge is 0.381 e. The highest BCUT2D eigenvalue weighted by Crippen LogP contribution is 2.22. The van der Waals surface area contributed by atoms with Gasteiger partial charge in [-0.15, -0.1) is 11.3 Å². The number of alkyl halides is 3. The van der Waals surface area contributed by atoms with E-state index in [-0.39, 0.29) is 36.9 Å². The zero-order chi connectivity index (χ0) is 22.4. The summed E-state index contributed by atoms with van der Waals surface area (Å²) in [4.78, 5) is 27.9. The lowest BCUT2D eigenvalue weighted by Gasteiger charge is -2.38. The number of carbonyl (C=O) groups is 2. The average Bonchev–Trinajstić information content (AvgIpc) is 3.24. The van der Waals surface area contributed by atoms with Gasteiger partial charge in [-0.2, -0.15) is 13.2 Å². The second kappa shape index (κ2) is 10.7. The second-order valence-corrected chi connectivity index (χ2v) is 8.62. The van der Waals surface area contributed by atoms with Crippen LogP contribution in [0.2, 0.25) is 0 Å². The van der Waals surface area contributed by atoms with Crippen LogP contribution in [0, 0.1) is 5.92 Å². The molecule has 2 unspecified atom stereocenters. The summed E-state index contributed by atoms with van der Waals surface area (Å²) in [6.45, 7) is 2.37. The highest BCUT2D eigenvalue weighted by molar-refractivity contribution is 7.14. The summed E-state index contributed by atoms with van der Waals surface area (Å²) in [5.41, 5.74) is 0. The molecule has 3 N–H and O–H groups in total. The highest BCUT2D eigenvalue weighted by atomic mass is 32.1. The maximum absolute atomic E-state index is 12.9. The molecule has 0 bridgehead atoms. The van der Waals surface area contributed by atoms with Crippen molar-refractivity contribution in [2.75, 3.05) is 39.5 Å². The van der Waals surface area contributed by atoms with Crippen molar-refractivity contribution in [3.05, 3.63) is 21.9 Å². The Balaban J connectivity index is 1.51. The molecule has 2 amide bonds. The molecule has 2 aliphatic rings. The minimum absolute atomic E-state index is 0.0542. The summed E-state index contributed by atoms with van der Waals surface area (Å²) in [6, 6.07) is 2.76. The van der Waals surface area contributed by atoms with E-state index >= 15 is 0 Å². The van der Waals surface area contributed by atoms with Gasteiger partial charge in [-0.3, -0.25) is 14.9 Å². The number of aliphatic hydroxyl groups is 1. The summed E-state index contributed by atoms with van der Waals surface area (Å²) in [5, 5.41) is 13.7. The molecule has 0 spiro atoms. The molecule has 2 saturated heterocycles. The Bertz CT molecular complexity index is 754. The Hall–Kier alpha value is -1.73. The molecular formula is C19H26F3N3O5S. The van der Waals surface area contributed by atoms with E-state index in [1.807, 2.05) is 5.32 Å². The topological polar surface area (TPSA) is 100 Å². The first-order valence-electron chi connectivity index (χ1n) is 10.1. The van der Waals surface area contributed by atoms with Gasteiger partial charge >= 0.3 is 6.18 Å². The van der Waals surface area contributed by atoms with Crippen LogP contribution in [0.25, 0.3) is 0 Å². The second-order valence-electron chi connectivity index (χ2n) is 7.45. The maximum atomic E-state index is 12.9. The molecule has 0 aliphatic carbocycles. The number of rotatable bonds is 7. The SMILES string of the molecule is O=C(NCC1COCCN1C(=O)C1CCOCC1)c1ccc(CNC(O)C(F)(F)F)s1. The number of hydrogen-bond donors (Lipinski definition) is 3. The third kappa shape index (κ3) is 6.62. The summed E-state index contributed by atoms with van der Waals surface area (Å²) in [5.74, 6) is -0.403. The van der Waals surface area contributed by atoms with Crippen LogP contribution < -0.4 is 10.6 Å². The Morgan fingerprint density at radius 1 is 1.23 bits per heavy atom. The van der Waals surface area contributed by atoms with Crippen molar-refractivity contribution in [3.8, 4) is 0 Å². The van der Waals surface area contributed by atoms with Crippen molar-refractivity contribution in [2.24, 2.45) is 5.92 Å². The van der Waals surface area contributed by atoms with Crippen LogP contribution in [0.15, 0.2) is 12.1 Å². The van der Waals surface area contributed by atoms with Crippen molar-refractivity contribution in [2.45, 2.75) is 37.8 Å². The van der Waals surface area contributed by atoms with Crippen molar-refractivity contribution in [1.82, 2.24) is 15.5 Å². The average molecular weight is 465 g/mol. The molecule has 174 valence electrons. The lowest BCUT2D eigenvalue weighted by atomic mass is 9.97. The summed E-state index contributed by atoms with van der Waals surface area (Å²) >= 11 is 1.03. The maximum Gasteiger partial charge on any atom is 0.427 e. The Kier molecular flexibility index (Phi) is 8.28. The molecule has 2 fully saturated rings. The number of halogens is 3. The molecule has 0 aromatic carbocycles. The summed E-state index contributed by atoms with van der Waals surface area (Å²) in [7, 11) is 0. The predicted octanol–water partition coefficient (Wildman–Crippen LogP) is 1.10. The van der Waals surface area contributed by atoms with Gasteiger partial charge in [-0.1, -0.05) is 0 Å². The van der Waals surface area contributed by atoms with Crippen LogP contribution in [-0.2, 0) is 20.8 Å². The Labute approximate surface area is 181 Å². The summed E-state index contributed by atoms with van der Waals surface area (Å²) in [6.07, 6.45) is -6.01. The lowest BCUT2D eigenvalue weighted by Crippen LogP contribution is -2.55. The number of carbonyl (C=O) groups excluding carboxylic acids is 2. The first-order valence-corrected chi connectivity index (χ1v) is 10.9. The number of ether oxygens (including phenoxy) is 2. The number of nitrogens with zero attached hydrogens (tertiary/aromatic N) is 1. The van der Waals surface area contributed by atoms with Gasteiger partial charge < -0.3 is 24.8 Å². The van der Waals surface area contributed by atoms with E-state index in [1.165, 1.54) is 12.1 Å². The third-order valence-electron chi connectivity index (χ3n) is 5.24. The van der Waals surface area contributed by atoms with Crippen molar-refractivity contribution in [1.29, 1.82) is 0 Å². The van der Waals surface area contributed by atoms with Crippen molar-refractivity contribution >= 4 is 23.2 Å². The fourth-order valence-corrected chi connectivity index (χ4v) is 4.37. The normalized spacial score (nSPS) is 21.7. The first kappa shape index (κ1) is 23.9. The van der Waals surface area contributed by atoms with E-state index in [0.29, 0.717) is 55.6 Å². The van der Waals surface area contributed by atoms with Crippen LogP contribution >= 0.6 is 11.3 Å². The first-order chi connectivity index (χ1) is 14.8. The van der Waals surface area contributed by atoms with Crippen molar-refractivity contribution < 1.29 is 37.3 Å². The highest BCUT2D eigenvalue weighted by Gasteiger charge is 2.38. The monoisotopic (exact) mass is 465 g/mol. The van der Waals surface area contributed by atoms with Gasteiger partial charge in [-0.25, -0.2) is 0 Å². The van der Waals surface area contributed by atoms with Gasteiger partial charge in [0.2, 0.25) is 12.1 Å². The molecule has 3 rings (SSSR count). The van der Waals surface area contributed by atoms with E-state index in [0.717, 1.165) is 11.3 Å². The fourth-order valence-electron chi connectivity index (χ4n) is 3.50. The number of aliphatic hydroxyl groups excluding tert-OH is 1. The molecule has 12 heteroatoms. The van der Waals surface area contributed by atoms with Gasteiger partial charge in [-0.05, 0) is 25.0 Å². The molecule has 2 aliphatic heterocycles. The van der Waals surface area contributed by atoms with Crippen LogP contribution in [-0.4, -0.2) is 79.8 Å². The molecule has 1 aromatic rings. The fraction of sp³-hybridized carbons (Fsp3) is 0.684. The van der Waals surface area contributed by atoms with Gasteiger partial charge in [0.25, 0.3) is 5.91 Å². The molecule has 3 heterocycles. The van der Waals surface area contributed by atoms with E-state index in [9.17, 15) is 22.8 Å². The Morgan fingerprint density at radius 3 is 2.68 bits per heavy atom. The molecule has 1 aromatic heterocycles. The summed E-state index contributed by atoms with van der Waals surface area (Å²) < 4.78 is 47.9. The van der Waals surface area contributed by atoms with E-state index in [1.54, 1.807) is 4.90 Å². The van der Waals surface area contributed by atoms with Crippen LogP contribution in [0.4, 0.5) is 13.2 Å².